The van der Waals surface area contributed by atoms with Crippen molar-refractivity contribution in [1.82, 2.24) is 0 Å². The van der Waals surface area contributed by atoms with Crippen molar-refractivity contribution >= 4 is 17.7 Å². The number of rotatable bonds is 7. The van der Waals surface area contributed by atoms with Gasteiger partial charge in [0, 0.05) is 16.7 Å². The highest BCUT2D eigenvalue weighted by atomic mass is 32.2. The molecule has 0 radical (unpaired) electrons. The van der Waals surface area contributed by atoms with Gasteiger partial charge in [-0.15, -0.1) is 11.8 Å². The van der Waals surface area contributed by atoms with E-state index in [9.17, 15) is 4.79 Å². The van der Waals surface area contributed by atoms with E-state index in [4.69, 9.17) is 9.47 Å². The summed E-state index contributed by atoms with van der Waals surface area (Å²) >= 11 is 1.70. The Labute approximate surface area is 142 Å². The molecule has 0 amide bonds. The fourth-order valence-corrected chi connectivity index (χ4v) is 3.24. The summed E-state index contributed by atoms with van der Waals surface area (Å²) in [7, 11) is 0. The second kappa shape index (κ2) is 8.25. The Bertz CT molecular complexity index is 588. The van der Waals surface area contributed by atoms with E-state index in [2.05, 4.69) is 19.1 Å². The Morgan fingerprint density at radius 2 is 2.00 bits per heavy atom. The molecule has 0 unspecified atom stereocenters. The zero-order valence-electron chi connectivity index (χ0n) is 14.0. The van der Waals surface area contributed by atoms with Gasteiger partial charge in [-0.05, 0) is 31.9 Å². The lowest BCUT2D eigenvalue weighted by Gasteiger charge is -2.28. The van der Waals surface area contributed by atoms with Crippen LogP contribution in [-0.4, -0.2) is 18.2 Å². The molecule has 124 valence electrons. The topological polar surface area (TPSA) is 35.5 Å². The summed E-state index contributed by atoms with van der Waals surface area (Å²) in [5, 5.41) is 0. The molecule has 0 atom stereocenters. The van der Waals surface area contributed by atoms with Crippen LogP contribution >= 0.6 is 11.8 Å². The molecular weight excluding hydrogens is 308 g/mol. The fraction of sp³-hybridized carbons (Fsp3) is 0.421. The number of hydrogen-bond acceptors (Lipinski definition) is 4. The Hall–Kier alpha value is -1.68. The van der Waals surface area contributed by atoms with Crippen molar-refractivity contribution in [3.05, 3.63) is 58.7 Å². The molecule has 1 heterocycles. The van der Waals surface area contributed by atoms with Gasteiger partial charge in [-0.1, -0.05) is 43.7 Å². The maximum atomic E-state index is 12.1. The van der Waals surface area contributed by atoms with Crippen molar-refractivity contribution in [3.8, 4) is 0 Å². The Morgan fingerprint density at radius 3 is 2.70 bits per heavy atom. The molecule has 0 bridgehead atoms. The predicted octanol–water partition coefficient (Wildman–Crippen LogP) is 4.84. The summed E-state index contributed by atoms with van der Waals surface area (Å²) < 4.78 is 11.0. The van der Waals surface area contributed by atoms with E-state index >= 15 is 0 Å². The van der Waals surface area contributed by atoms with Crippen LogP contribution in [0.4, 0.5) is 0 Å². The first-order valence-corrected chi connectivity index (χ1v) is 8.96. The number of thioether (sulfide) groups is 1. The largest absolute Gasteiger partial charge is 0.476 e. The number of esters is 1. The lowest BCUT2D eigenvalue weighted by atomic mass is 10.1. The zero-order chi connectivity index (χ0) is 16.7. The van der Waals surface area contributed by atoms with Crippen molar-refractivity contribution in [2.75, 3.05) is 6.61 Å². The van der Waals surface area contributed by atoms with Crippen LogP contribution in [0.2, 0.25) is 0 Å². The van der Waals surface area contributed by atoms with Crippen molar-refractivity contribution in [3.63, 3.8) is 0 Å². The maximum Gasteiger partial charge on any atom is 0.373 e. The van der Waals surface area contributed by atoms with Crippen LogP contribution < -0.4 is 0 Å². The molecule has 1 aromatic rings. The second-order valence-electron chi connectivity index (χ2n) is 6.02. The maximum absolute atomic E-state index is 12.1. The monoisotopic (exact) mass is 332 g/mol. The number of carbonyl (C=O) groups is 1. The lowest BCUT2D eigenvalue weighted by molar-refractivity contribution is -0.145. The molecule has 0 N–H and O–H groups in total. The minimum Gasteiger partial charge on any atom is -0.476 e. The first-order chi connectivity index (χ1) is 11.0. The third-order valence-corrected chi connectivity index (χ3v) is 4.36. The van der Waals surface area contributed by atoms with Crippen molar-refractivity contribution < 1.29 is 14.3 Å². The first-order valence-electron chi connectivity index (χ1n) is 7.97. The summed E-state index contributed by atoms with van der Waals surface area (Å²) in [6, 6.07) is 10.3. The molecule has 23 heavy (non-hydrogen) atoms. The van der Waals surface area contributed by atoms with Gasteiger partial charge in [-0.25, -0.2) is 4.79 Å². The summed E-state index contributed by atoms with van der Waals surface area (Å²) in [5.41, 5.74) is 0.746. The molecular formula is C19H24O3S. The van der Waals surface area contributed by atoms with Gasteiger partial charge in [0.15, 0.2) is 0 Å². The smallest absolute Gasteiger partial charge is 0.373 e. The van der Waals surface area contributed by atoms with Gasteiger partial charge in [0.25, 0.3) is 0 Å². The van der Waals surface area contributed by atoms with E-state index in [-0.39, 0.29) is 5.97 Å². The Balaban J connectivity index is 2.02. The average Bonchev–Trinajstić information content (AvgIpc) is 2.52. The van der Waals surface area contributed by atoms with Gasteiger partial charge in [0.05, 0.1) is 6.61 Å². The summed E-state index contributed by atoms with van der Waals surface area (Å²) in [5.74, 6) is 0.777. The molecule has 0 aliphatic carbocycles. The van der Waals surface area contributed by atoms with Gasteiger partial charge >= 0.3 is 5.97 Å². The minimum absolute atomic E-state index is 0.296. The van der Waals surface area contributed by atoms with Crippen LogP contribution in [0.15, 0.2) is 53.1 Å². The summed E-state index contributed by atoms with van der Waals surface area (Å²) in [4.78, 5) is 13.2. The predicted molar refractivity (Wildman–Crippen MR) is 94.9 cm³/mol. The number of ether oxygens (including phenoxy) is 2. The molecule has 1 aromatic carbocycles. The molecule has 4 heteroatoms. The van der Waals surface area contributed by atoms with Gasteiger partial charge in [0.2, 0.25) is 5.76 Å². The zero-order valence-corrected chi connectivity index (χ0v) is 14.8. The normalized spacial score (nSPS) is 16.1. The van der Waals surface area contributed by atoms with Crippen molar-refractivity contribution in [2.24, 2.45) is 0 Å². The lowest BCUT2D eigenvalue weighted by Crippen LogP contribution is -2.28. The van der Waals surface area contributed by atoms with E-state index in [1.54, 1.807) is 17.8 Å². The van der Waals surface area contributed by atoms with Crippen LogP contribution in [0.3, 0.4) is 0 Å². The molecule has 1 aliphatic heterocycles. The van der Waals surface area contributed by atoms with Crippen LogP contribution in [-0.2, 0) is 20.0 Å². The Kier molecular flexibility index (Phi) is 6.34. The molecule has 0 spiro atoms. The minimum atomic E-state index is -0.507. The molecule has 1 aliphatic rings. The quantitative estimate of drug-likeness (QED) is 0.529. The fourth-order valence-electron chi connectivity index (χ4n) is 2.16. The summed E-state index contributed by atoms with van der Waals surface area (Å²) in [6.45, 7) is 6.39. The van der Waals surface area contributed by atoms with Crippen LogP contribution in [0.1, 0.15) is 39.2 Å². The number of allylic oxidation sites excluding steroid dienone is 1. The van der Waals surface area contributed by atoms with Gasteiger partial charge in [-0.2, -0.15) is 0 Å². The number of hydrogen-bond donors (Lipinski definition) is 0. The third kappa shape index (κ3) is 5.79. The third-order valence-electron chi connectivity index (χ3n) is 3.32. The second-order valence-corrected chi connectivity index (χ2v) is 7.07. The van der Waals surface area contributed by atoms with E-state index in [1.165, 1.54) is 5.56 Å². The average molecular weight is 332 g/mol. The molecule has 0 aromatic heterocycles. The highest BCUT2D eigenvalue weighted by Gasteiger charge is 2.28. The highest BCUT2D eigenvalue weighted by Crippen LogP contribution is 2.33. The molecule has 3 nitrogen and oxygen atoms in total. The van der Waals surface area contributed by atoms with Gasteiger partial charge < -0.3 is 9.47 Å². The first kappa shape index (κ1) is 17.7. The molecule has 0 fully saturated rings. The number of carbonyl (C=O) groups excluding carboxylic acids is 1. The van der Waals surface area contributed by atoms with E-state index < -0.39 is 5.60 Å². The molecule has 0 saturated heterocycles. The number of benzene rings is 1. The standard InChI is InChI=1S/C19H24O3S/c1-4-5-11-21-18(20)17-12-16(13-19(2,3)22-17)23-14-15-9-7-6-8-10-15/h6-10,12-13H,4-5,11,14H2,1-3H3. The number of unbranched alkanes of at least 4 members (excludes halogenated alkanes) is 1. The van der Waals surface area contributed by atoms with Crippen LogP contribution in [0, 0.1) is 0 Å². The SMILES string of the molecule is CCCCOC(=O)C1=CC(SCc2ccccc2)=CC(C)(C)O1. The van der Waals surface area contributed by atoms with Crippen LogP contribution in [0.25, 0.3) is 0 Å². The molecule has 0 saturated carbocycles. The highest BCUT2D eigenvalue weighted by molar-refractivity contribution is 8.02. The van der Waals surface area contributed by atoms with E-state index in [1.807, 2.05) is 38.1 Å². The van der Waals surface area contributed by atoms with Gasteiger partial charge in [0.1, 0.15) is 5.60 Å². The molecule has 2 rings (SSSR count). The van der Waals surface area contributed by atoms with E-state index in [0.717, 1.165) is 23.5 Å². The van der Waals surface area contributed by atoms with Crippen molar-refractivity contribution in [1.29, 1.82) is 0 Å². The van der Waals surface area contributed by atoms with E-state index in [0.29, 0.717) is 12.4 Å². The van der Waals surface area contributed by atoms with Gasteiger partial charge in [-0.3, -0.25) is 0 Å². The van der Waals surface area contributed by atoms with Crippen molar-refractivity contribution in [2.45, 2.75) is 45.0 Å². The van der Waals surface area contributed by atoms with Crippen LogP contribution in [0.5, 0.6) is 0 Å². The Morgan fingerprint density at radius 1 is 1.26 bits per heavy atom. The summed E-state index contributed by atoms with van der Waals surface area (Å²) in [6.07, 6.45) is 5.70.